The predicted molar refractivity (Wildman–Crippen MR) is 108 cm³/mol. The van der Waals surface area contributed by atoms with Gasteiger partial charge in [-0.15, -0.1) is 24.0 Å². The Morgan fingerprint density at radius 1 is 1.36 bits per heavy atom. The maximum absolute atomic E-state index is 12.6. The van der Waals surface area contributed by atoms with Crippen LogP contribution in [-0.4, -0.2) is 63.2 Å². The lowest BCUT2D eigenvalue weighted by Gasteiger charge is -2.17. The molecular formula is C16H22F2IN5O4. The molecule has 0 radical (unpaired) electrons. The van der Waals surface area contributed by atoms with Gasteiger partial charge in [-0.1, -0.05) is 0 Å². The number of nitrogens with one attached hydrogen (secondary N) is 3. The highest BCUT2D eigenvalue weighted by atomic mass is 127. The molecule has 1 aromatic rings. The minimum Gasteiger partial charge on any atom is -0.497 e. The van der Waals surface area contributed by atoms with Crippen LogP contribution in [0.3, 0.4) is 0 Å². The normalized spacial score (nSPS) is 13.9. The van der Waals surface area contributed by atoms with Crippen molar-refractivity contribution in [1.82, 2.24) is 20.9 Å². The third-order valence-electron chi connectivity index (χ3n) is 3.72. The molecular weight excluding hydrogens is 491 g/mol. The van der Waals surface area contributed by atoms with Crippen molar-refractivity contribution in [3.8, 4) is 11.5 Å². The minimum absolute atomic E-state index is 0. The average Bonchev–Trinajstić information content (AvgIpc) is 2.96. The van der Waals surface area contributed by atoms with Gasteiger partial charge in [0.15, 0.2) is 5.96 Å². The number of ether oxygens (including phenoxy) is 2. The molecule has 9 nitrogen and oxygen atoms in total. The number of carbonyl (C=O) groups is 2. The molecule has 0 saturated carbocycles. The van der Waals surface area contributed by atoms with E-state index in [1.165, 1.54) is 26.3 Å². The summed E-state index contributed by atoms with van der Waals surface area (Å²) < 4.78 is 34.7. The molecule has 1 aliphatic heterocycles. The molecule has 3 amide bonds. The van der Waals surface area contributed by atoms with Gasteiger partial charge in [0.1, 0.15) is 11.5 Å². The fourth-order valence-corrected chi connectivity index (χ4v) is 2.40. The summed E-state index contributed by atoms with van der Waals surface area (Å²) in [6, 6.07) is 4.06. The Morgan fingerprint density at radius 3 is 2.68 bits per heavy atom. The van der Waals surface area contributed by atoms with E-state index in [-0.39, 0.29) is 61.8 Å². The molecule has 1 fully saturated rings. The highest BCUT2D eigenvalue weighted by Crippen LogP contribution is 2.25. The summed E-state index contributed by atoms with van der Waals surface area (Å²) in [4.78, 5) is 28.1. The molecule has 12 heteroatoms. The first-order valence-corrected chi connectivity index (χ1v) is 8.09. The number of guanidine groups is 1. The molecule has 1 aromatic carbocycles. The summed E-state index contributed by atoms with van der Waals surface area (Å²) in [5.41, 5.74) is 0.451. The van der Waals surface area contributed by atoms with Crippen molar-refractivity contribution in [3.05, 3.63) is 23.8 Å². The number of aliphatic imine (C=N–C) groups is 1. The topological polar surface area (TPSA) is 104 Å². The van der Waals surface area contributed by atoms with Crippen LogP contribution in [-0.2, 0) is 11.3 Å². The van der Waals surface area contributed by atoms with Crippen molar-refractivity contribution < 1.29 is 27.8 Å². The summed E-state index contributed by atoms with van der Waals surface area (Å²) in [6.45, 7) is -2.36. The van der Waals surface area contributed by atoms with Gasteiger partial charge in [-0.05, 0) is 18.2 Å². The summed E-state index contributed by atoms with van der Waals surface area (Å²) in [5, 5.41) is 8.32. The van der Waals surface area contributed by atoms with E-state index in [1.54, 1.807) is 6.07 Å². The number of hydrogen-bond acceptors (Lipinski definition) is 5. The van der Waals surface area contributed by atoms with Crippen LogP contribution in [0.1, 0.15) is 5.56 Å². The highest BCUT2D eigenvalue weighted by molar-refractivity contribution is 14.0. The van der Waals surface area contributed by atoms with E-state index in [2.05, 4.69) is 25.7 Å². The number of benzene rings is 1. The van der Waals surface area contributed by atoms with Crippen LogP contribution in [0.5, 0.6) is 11.5 Å². The molecule has 1 saturated heterocycles. The number of nitrogens with zero attached hydrogens (tertiary/aromatic N) is 2. The smallest absolute Gasteiger partial charge is 0.387 e. The van der Waals surface area contributed by atoms with E-state index in [1.807, 2.05) is 0 Å². The van der Waals surface area contributed by atoms with Crippen LogP contribution >= 0.6 is 24.0 Å². The van der Waals surface area contributed by atoms with Crippen LogP contribution in [0.25, 0.3) is 0 Å². The van der Waals surface area contributed by atoms with Gasteiger partial charge in [0.2, 0.25) is 5.91 Å². The molecule has 3 N–H and O–H groups in total. The molecule has 28 heavy (non-hydrogen) atoms. The first kappa shape index (κ1) is 23.7. The molecule has 0 unspecified atom stereocenters. The average molecular weight is 513 g/mol. The third-order valence-corrected chi connectivity index (χ3v) is 3.72. The number of urea groups is 1. The lowest BCUT2D eigenvalue weighted by molar-refractivity contribution is -0.124. The molecule has 156 valence electrons. The molecule has 0 aliphatic carbocycles. The second kappa shape index (κ2) is 11.5. The second-order valence-electron chi connectivity index (χ2n) is 5.41. The fourth-order valence-electron chi connectivity index (χ4n) is 2.40. The van der Waals surface area contributed by atoms with Gasteiger partial charge in [-0.25, -0.2) is 4.79 Å². The number of imide groups is 1. The zero-order valence-electron chi connectivity index (χ0n) is 15.3. The summed E-state index contributed by atoms with van der Waals surface area (Å²) >= 11 is 0. The van der Waals surface area contributed by atoms with E-state index in [0.717, 1.165) is 4.90 Å². The Kier molecular flexibility index (Phi) is 9.68. The second-order valence-corrected chi connectivity index (χ2v) is 5.41. The van der Waals surface area contributed by atoms with Crippen LogP contribution < -0.4 is 25.4 Å². The van der Waals surface area contributed by atoms with Crippen molar-refractivity contribution in [2.24, 2.45) is 4.99 Å². The molecule has 0 spiro atoms. The summed E-state index contributed by atoms with van der Waals surface area (Å²) in [6.07, 6.45) is 0. The van der Waals surface area contributed by atoms with Gasteiger partial charge in [0.25, 0.3) is 0 Å². The Morgan fingerprint density at radius 2 is 2.11 bits per heavy atom. The number of rotatable bonds is 8. The van der Waals surface area contributed by atoms with Crippen LogP contribution in [0.2, 0.25) is 0 Å². The zero-order chi connectivity index (χ0) is 19.8. The Balaban J connectivity index is 0.00000392. The van der Waals surface area contributed by atoms with E-state index < -0.39 is 12.6 Å². The highest BCUT2D eigenvalue weighted by Gasteiger charge is 2.27. The van der Waals surface area contributed by atoms with Crippen molar-refractivity contribution in [2.75, 3.05) is 33.8 Å². The number of methoxy groups -OCH3 is 1. The van der Waals surface area contributed by atoms with Gasteiger partial charge in [-0.2, -0.15) is 8.78 Å². The Bertz CT molecular complexity index is 704. The first-order chi connectivity index (χ1) is 12.9. The van der Waals surface area contributed by atoms with Gasteiger partial charge >= 0.3 is 12.6 Å². The van der Waals surface area contributed by atoms with Crippen LogP contribution in [0, 0.1) is 0 Å². The van der Waals surface area contributed by atoms with Crippen molar-refractivity contribution in [2.45, 2.75) is 13.2 Å². The molecule has 0 bridgehead atoms. The standard InChI is InChI=1S/C16H21F2N5O4.HI/c1-19-15(20-5-6-23-13(24)9-22-16(23)25)21-8-10-7-11(26-2)3-4-12(10)27-14(17)18;/h3-4,7,14H,5-6,8-9H2,1-2H3,(H,22,25)(H2,19,20,21);1H. The first-order valence-electron chi connectivity index (χ1n) is 8.09. The molecule has 1 aliphatic rings. The SMILES string of the molecule is CN=C(NCCN1C(=O)CNC1=O)NCc1cc(OC)ccc1OC(F)F.I. The minimum atomic E-state index is -2.95. The molecule has 2 rings (SSSR count). The number of halogens is 3. The fraction of sp³-hybridized carbons (Fsp3) is 0.438. The largest absolute Gasteiger partial charge is 0.497 e. The number of amides is 3. The Hall–Kier alpha value is -2.38. The number of carbonyl (C=O) groups excluding carboxylic acids is 2. The van der Waals surface area contributed by atoms with Gasteiger partial charge in [0.05, 0.1) is 13.7 Å². The summed E-state index contributed by atoms with van der Waals surface area (Å²) in [7, 11) is 3.00. The lowest BCUT2D eigenvalue weighted by atomic mass is 10.2. The Labute approximate surface area is 177 Å². The quantitative estimate of drug-likeness (QED) is 0.209. The number of alkyl halides is 2. The molecule has 0 aromatic heterocycles. The van der Waals surface area contributed by atoms with Gasteiger partial charge < -0.3 is 25.4 Å². The number of hydrogen-bond donors (Lipinski definition) is 3. The molecule has 0 atom stereocenters. The lowest BCUT2D eigenvalue weighted by Crippen LogP contribution is -2.43. The third kappa shape index (κ3) is 6.65. The van der Waals surface area contributed by atoms with E-state index >= 15 is 0 Å². The summed E-state index contributed by atoms with van der Waals surface area (Å²) in [5.74, 6) is 0.589. The van der Waals surface area contributed by atoms with Gasteiger partial charge in [0, 0.05) is 32.2 Å². The van der Waals surface area contributed by atoms with Crippen LogP contribution in [0.4, 0.5) is 13.6 Å². The van der Waals surface area contributed by atoms with Crippen LogP contribution in [0.15, 0.2) is 23.2 Å². The zero-order valence-corrected chi connectivity index (χ0v) is 17.7. The maximum atomic E-state index is 12.6. The monoisotopic (exact) mass is 513 g/mol. The van der Waals surface area contributed by atoms with E-state index in [9.17, 15) is 18.4 Å². The molecule has 1 heterocycles. The maximum Gasteiger partial charge on any atom is 0.387 e. The predicted octanol–water partition coefficient (Wildman–Crippen LogP) is 1.13. The van der Waals surface area contributed by atoms with Crippen molar-refractivity contribution >= 4 is 41.9 Å². The van der Waals surface area contributed by atoms with E-state index in [0.29, 0.717) is 17.3 Å². The van der Waals surface area contributed by atoms with Crippen molar-refractivity contribution in [1.29, 1.82) is 0 Å². The van der Waals surface area contributed by atoms with Gasteiger partial charge in [-0.3, -0.25) is 14.7 Å². The van der Waals surface area contributed by atoms with Crippen molar-refractivity contribution in [3.63, 3.8) is 0 Å². The van der Waals surface area contributed by atoms with E-state index in [4.69, 9.17) is 4.74 Å².